The number of aromatic nitrogens is 1. The van der Waals surface area contributed by atoms with Crippen LogP contribution in [0.5, 0.6) is 0 Å². The lowest BCUT2D eigenvalue weighted by Gasteiger charge is -2.20. The molecule has 1 heterocycles. The summed E-state index contributed by atoms with van der Waals surface area (Å²) in [6.45, 7) is 6.34. The van der Waals surface area contributed by atoms with E-state index in [1.165, 1.54) is 12.3 Å². The third-order valence-electron chi connectivity index (χ3n) is 2.47. The number of rotatable bonds is 5. The van der Waals surface area contributed by atoms with Crippen molar-refractivity contribution in [2.45, 2.75) is 27.2 Å². The molecule has 0 aromatic carbocycles. The van der Waals surface area contributed by atoms with Gasteiger partial charge < -0.3 is 5.11 Å². The van der Waals surface area contributed by atoms with Crippen molar-refractivity contribution >= 4 is 17.7 Å². The Hall–Kier alpha value is -1.91. The number of nitrogens with zero attached hydrogens (tertiary/aromatic N) is 2. The van der Waals surface area contributed by atoms with E-state index < -0.39 is 5.97 Å². The smallest absolute Gasteiger partial charge is 0.337 e. The van der Waals surface area contributed by atoms with E-state index in [-0.39, 0.29) is 17.4 Å². The van der Waals surface area contributed by atoms with Crippen molar-refractivity contribution in [1.82, 2.24) is 4.98 Å². The van der Waals surface area contributed by atoms with Crippen LogP contribution in [0.2, 0.25) is 0 Å². The lowest BCUT2D eigenvalue weighted by atomic mass is 10.1. The van der Waals surface area contributed by atoms with Crippen LogP contribution in [0.25, 0.3) is 0 Å². The van der Waals surface area contributed by atoms with Crippen LogP contribution in [0.15, 0.2) is 18.3 Å². The first-order chi connectivity index (χ1) is 8.45. The molecular formula is C13H18N2O3. The van der Waals surface area contributed by atoms with Crippen LogP contribution in [0, 0.1) is 5.92 Å². The van der Waals surface area contributed by atoms with E-state index in [0.29, 0.717) is 18.8 Å². The Labute approximate surface area is 106 Å². The molecule has 0 atom stereocenters. The largest absolute Gasteiger partial charge is 0.478 e. The Bertz CT molecular complexity index is 426. The Morgan fingerprint density at radius 1 is 1.39 bits per heavy atom. The van der Waals surface area contributed by atoms with E-state index >= 15 is 0 Å². The standard InChI is InChI=1S/C13H18N2O3/c1-4-15(12(16)7-9(2)3)11-6-5-10(8-14-11)13(17)18/h5-6,8-9H,4,7H2,1-3H3,(H,17,18). The second kappa shape index (κ2) is 6.14. The van der Waals surface area contributed by atoms with Crippen molar-refractivity contribution in [1.29, 1.82) is 0 Å². The van der Waals surface area contributed by atoms with Gasteiger partial charge in [-0.25, -0.2) is 9.78 Å². The number of anilines is 1. The van der Waals surface area contributed by atoms with Gasteiger partial charge in [-0.3, -0.25) is 9.69 Å². The molecular weight excluding hydrogens is 232 g/mol. The van der Waals surface area contributed by atoms with Gasteiger partial charge >= 0.3 is 5.97 Å². The number of hydrogen-bond donors (Lipinski definition) is 1. The summed E-state index contributed by atoms with van der Waals surface area (Å²) in [5, 5.41) is 8.78. The van der Waals surface area contributed by atoms with Gasteiger partial charge in [-0.2, -0.15) is 0 Å². The average Bonchev–Trinajstić information content (AvgIpc) is 2.29. The third-order valence-corrected chi connectivity index (χ3v) is 2.47. The first-order valence-electron chi connectivity index (χ1n) is 5.95. The maximum Gasteiger partial charge on any atom is 0.337 e. The fourth-order valence-electron chi connectivity index (χ4n) is 1.60. The molecule has 5 nitrogen and oxygen atoms in total. The zero-order chi connectivity index (χ0) is 13.7. The highest BCUT2D eigenvalue weighted by Gasteiger charge is 2.16. The van der Waals surface area contributed by atoms with Gasteiger partial charge in [0.1, 0.15) is 5.82 Å². The predicted molar refractivity (Wildman–Crippen MR) is 68.7 cm³/mol. The van der Waals surface area contributed by atoms with Gasteiger partial charge in [0, 0.05) is 19.2 Å². The summed E-state index contributed by atoms with van der Waals surface area (Å²) in [7, 11) is 0. The summed E-state index contributed by atoms with van der Waals surface area (Å²) < 4.78 is 0. The van der Waals surface area contributed by atoms with Crippen molar-refractivity contribution in [3.8, 4) is 0 Å². The van der Waals surface area contributed by atoms with E-state index in [1.54, 1.807) is 11.0 Å². The molecule has 0 radical (unpaired) electrons. The van der Waals surface area contributed by atoms with E-state index in [9.17, 15) is 9.59 Å². The molecule has 0 spiro atoms. The average molecular weight is 250 g/mol. The Balaban J connectivity index is 2.88. The fraction of sp³-hybridized carbons (Fsp3) is 0.462. The quantitative estimate of drug-likeness (QED) is 0.869. The maximum atomic E-state index is 12.0. The van der Waals surface area contributed by atoms with Crippen LogP contribution in [-0.4, -0.2) is 28.5 Å². The normalized spacial score (nSPS) is 10.4. The number of carboxylic acid groups (broad SMARTS) is 1. The molecule has 0 aliphatic carbocycles. The molecule has 1 rings (SSSR count). The van der Waals surface area contributed by atoms with Crippen LogP contribution >= 0.6 is 0 Å². The topological polar surface area (TPSA) is 70.5 Å². The van der Waals surface area contributed by atoms with Gasteiger partial charge in [-0.15, -0.1) is 0 Å². The first kappa shape index (κ1) is 14.2. The maximum absolute atomic E-state index is 12.0. The van der Waals surface area contributed by atoms with E-state index in [1.807, 2.05) is 20.8 Å². The van der Waals surface area contributed by atoms with Gasteiger partial charge in [0.25, 0.3) is 0 Å². The van der Waals surface area contributed by atoms with Crippen LogP contribution in [0.1, 0.15) is 37.6 Å². The predicted octanol–water partition coefficient (Wildman–Crippen LogP) is 2.18. The minimum Gasteiger partial charge on any atom is -0.478 e. The molecule has 98 valence electrons. The zero-order valence-corrected chi connectivity index (χ0v) is 10.9. The second-order valence-corrected chi connectivity index (χ2v) is 4.45. The first-order valence-corrected chi connectivity index (χ1v) is 5.95. The Kier molecular flexibility index (Phi) is 4.83. The SMILES string of the molecule is CCN(C(=O)CC(C)C)c1ccc(C(=O)O)cn1. The molecule has 0 fully saturated rings. The molecule has 0 bridgehead atoms. The molecule has 1 aromatic heterocycles. The Morgan fingerprint density at radius 3 is 2.44 bits per heavy atom. The summed E-state index contributed by atoms with van der Waals surface area (Å²) in [6.07, 6.45) is 1.72. The summed E-state index contributed by atoms with van der Waals surface area (Å²) >= 11 is 0. The molecule has 1 amide bonds. The molecule has 0 saturated heterocycles. The van der Waals surface area contributed by atoms with Crippen molar-refractivity contribution < 1.29 is 14.7 Å². The van der Waals surface area contributed by atoms with Gasteiger partial charge in [0.2, 0.25) is 5.91 Å². The number of carboxylic acids is 1. The van der Waals surface area contributed by atoms with Crippen molar-refractivity contribution in [2.24, 2.45) is 5.92 Å². The van der Waals surface area contributed by atoms with Crippen LogP contribution < -0.4 is 4.90 Å². The van der Waals surface area contributed by atoms with E-state index in [4.69, 9.17) is 5.11 Å². The van der Waals surface area contributed by atoms with Gasteiger partial charge in [-0.05, 0) is 25.0 Å². The van der Waals surface area contributed by atoms with Crippen molar-refractivity contribution in [3.05, 3.63) is 23.9 Å². The summed E-state index contributed by atoms with van der Waals surface area (Å²) in [5.74, 6) is -0.244. The number of pyridine rings is 1. The molecule has 5 heteroatoms. The lowest BCUT2D eigenvalue weighted by Crippen LogP contribution is -2.32. The highest BCUT2D eigenvalue weighted by Crippen LogP contribution is 2.14. The number of carbonyl (C=O) groups excluding carboxylic acids is 1. The fourth-order valence-corrected chi connectivity index (χ4v) is 1.60. The minimum absolute atomic E-state index is 0.00285. The van der Waals surface area contributed by atoms with Gasteiger partial charge in [-0.1, -0.05) is 13.8 Å². The van der Waals surface area contributed by atoms with E-state index in [2.05, 4.69) is 4.98 Å². The number of aromatic carboxylic acids is 1. The lowest BCUT2D eigenvalue weighted by molar-refractivity contribution is -0.119. The summed E-state index contributed by atoms with van der Waals surface area (Å²) in [6, 6.07) is 3.02. The summed E-state index contributed by atoms with van der Waals surface area (Å²) in [5.41, 5.74) is 0.117. The minimum atomic E-state index is -1.02. The van der Waals surface area contributed by atoms with Gasteiger partial charge in [0.05, 0.1) is 5.56 Å². The molecule has 0 unspecified atom stereocenters. The van der Waals surface area contributed by atoms with Crippen LogP contribution in [-0.2, 0) is 4.79 Å². The number of hydrogen-bond acceptors (Lipinski definition) is 3. The summed E-state index contributed by atoms with van der Waals surface area (Å²) in [4.78, 5) is 28.3. The second-order valence-electron chi connectivity index (χ2n) is 4.45. The van der Waals surface area contributed by atoms with Crippen LogP contribution in [0.4, 0.5) is 5.82 Å². The highest BCUT2D eigenvalue weighted by atomic mass is 16.4. The Morgan fingerprint density at radius 2 is 2.06 bits per heavy atom. The van der Waals surface area contributed by atoms with E-state index in [0.717, 1.165) is 0 Å². The molecule has 0 aliphatic rings. The van der Waals surface area contributed by atoms with Crippen molar-refractivity contribution in [2.75, 3.05) is 11.4 Å². The van der Waals surface area contributed by atoms with Crippen molar-refractivity contribution in [3.63, 3.8) is 0 Å². The third kappa shape index (κ3) is 3.55. The number of carbonyl (C=O) groups is 2. The van der Waals surface area contributed by atoms with Crippen LogP contribution in [0.3, 0.4) is 0 Å². The molecule has 0 saturated carbocycles. The monoisotopic (exact) mass is 250 g/mol. The molecule has 0 aliphatic heterocycles. The number of amides is 1. The van der Waals surface area contributed by atoms with Gasteiger partial charge in [0.15, 0.2) is 0 Å². The molecule has 1 N–H and O–H groups in total. The highest BCUT2D eigenvalue weighted by molar-refractivity contribution is 5.93. The molecule has 18 heavy (non-hydrogen) atoms. The zero-order valence-electron chi connectivity index (χ0n) is 10.9. The molecule has 1 aromatic rings.